The summed E-state index contributed by atoms with van der Waals surface area (Å²) in [4.78, 5) is 24.8. The molecule has 0 unspecified atom stereocenters. The smallest absolute Gasteiger partial charge is 0.407 e. The SMILES string of the molecule is O=C(NCCCCc1ccccc1)n1c(=O)oc2cc(C3CCOCC3)ccc21. The zero-order valence-corrected chi connectivity index (χ0v) is 16.4. The summed E-state index contributed by atoms with van der Waals surface area (Å²) in [5, 5.41) is 2.83. The first-order valence-corrected chi connectivity index (χ1v) is 10.3. The highest BCUT2D eigenvalue weighted by Crippen LogP contribution is 2.29. The van der Waals surface area contributed by atoms with Crippen molar-refractivity contribution in [2.75, 3.05) is 19.8 Å². The molecule has 0 saturated carbocycles. The highest BCUT2D eigenvalue weighted by atomic mass is 16.5. The lowest BCUT2D eigenvalue weighted by Gasteiger charge is -2.22. The number of rotatable bonds is 6. The number of aryl methyl sites for hydroxylation is 1. The van der Waals surface area contributed by atoms with Crippen LogP contribution in [0.1, 0.15) is 42.7 Å². The van der Waals surface area contributed by atoms with Crippen molar-refractivity contribution >= 4 is 17.1 Å². The molecule has 6 nitrogen and oxygen atoms in total. The average molecular weight is 394 g/mol. The number of ether oxygens (including phenoxy) is 1. The quantitative estimate of drug-likeness (QED) is 0.640. The normalized spacial score (nSPS) is 14.9. The number of unbranched alkanes of at least 4 members (excludes halogenated alkanes) is 1. The van der Waals surface area contributed by atoms with Gasteiger partial charge in [-0.1, -0.05) is 36.4 Å². The van der Waals surface area contributed by atoms with Crippen LogP contribution in [0.25, 0.3) is 11.1 Å². The maximum atomic E-state index is 12.5. The van der Waals surface area contributed by atoms with E-state index in [0.717, 1.165) is 55.4 Å². The van der Waals surface area contributed by atoms with Crippen LogP contribution in [0.4, 0.5) is 4.79 Å². The molecule has 1 aliphatic rings. The number of hydrogen-bond donors (Lipinski definition) is 1. The number of carbonyl (C=O) groups excluding carboxylic acids is 1. The molecule has 2 heterocycles. The molecule has 3 aromatic rings. The Labute approximate surface area is 169 Å². The van der Waals surface area contributed by atoms with Crippen LogP contribution in [0.15, 0.2) is 57.7 Å². The molecule has 0 spiro atoms. The second kappa shape index (κ2) is 9.09. The van der Waals surface area contributed by atoms with E-state index < -0.39 is 11.8 Å². The van der Waals surface area contributed by atoms with Gasteiger partial charge in [0.15, 0.2) is 5.58 Å². The van der Waals surface area contributed by atoms with Gasteiger partial charge in [0, 0.05) is 19.8 Å². The summed E-state index contributed by atoms with van der Waals surface area (Å²) in [5.41, 5.74) is 3.38. The lowest BCUT2D eigenvalue weighted by Crippen LogP contribution is -2.34. The summed E-state index contributed by atoms with van der Waals surface area (Å²) in [7, 11) is 0. The molecule has 2 aromatic carbocycles. The topological polar surface area (TPSA) is 73.5 Å². The molecule has 29 heavy (non-hydrogen) atoms. The molecule has 0 atom stereocenters. The Hall–Kier alpha value is -2.86. The van der Waals surface area contributed by atoms with E-state index in [4.69, 9.17) is 9.15 Å². The van der Waals surface area contributed by atoms with Crippen molar-refractivity contribution in [3.63, 3.8) is 0 Å². The Kier molecular flexibility index (Phi) is 6.10. The number of carbonyl (C=O) groups is 1. The van der Waals surface area contributed by atoms with Crippen molar-refractivity contribution in [2.24, 2.45) is 0 Å². The first-order chi connectivity index (χ1) is 14.2. The molecule has 1 aromatic heterocycles. The fourth-order valence-corrected chi connectivity index (χ4v) is 3.89. The maximum absolute atomic E-state index is 12.5. The molecule has 1 fully saturated rings. The van der Waals surface area contributed by atoms with E-state index in [1.165, 1.54) is 5.56 Å². The third kappa shape index (κ3) is 4.59. The summed E-state index contributed by atoms with van der Waals surface area (Å²) in [6.07, 6.45) is 4.71. The summed E-state index contributed by atoms with van der Waals surface area (Å²) in [5.74, 6) is -0.244. The second-order valence-corrected chi connectivity index (χ2v) is 7.49. The molecule has 0 radical (unpaired) electrons. The highest BCUT2D eigenvalue weighted by Gasteiger charge is 2.20. The Morgan fingerprint density at radius 2 is 1.86 bits per heavy atom. The highest BCUT2D eigenvalue weighted by molar-refractivity contribution is 5.88. The van der Waals surface area contributed by atoms with E-state index in [2.05, 4.69) is 17.4 Å². The monoisotopic (exact) mass is 394 g/mol. The van der Waals surface area contributed by atoms with Gasteiger partial charge in [0.1, 0.15) is 0 Å². The van der Waals surface area contributed by atoms with Gasteiger partial charge in [0.25, 0.3) is 0 Å². The average Bonchev–Trinajstić information content (AvgIpc) is 3.09. The van der Waals surface area contributed by atoms with Gasteiger partial charge in [0.2, 0.25) is 0 Å². The summed E-state index contributed by atoms with van der Waals surface area (Å²) in [6.45, 7) is 2.02. The predicted molar refractivity (Wildman–Crippen MR) is 111 cm³/mol. The number of fused-ring (bicyclic) bond motifs is 1. The number of benzene rings is 2. The number of aromatic nitrogens is 1. The molecule has 1 saturated heterocycles. The number of nitrogens with one attached hydrogen (secondary N) is 1. The van der Waals surface area contributed by atoms with Crippen molar-refractivity contribution in [1.29, 1.82) is 0 Å². The summed E-state index contributed by atoms with van der Waals surface area (Å²) < 4.78 is 11.8. The van der Waals surface area contributed by atoms with Crippen LogP contribution in [0.2, 0.25) is 0 Å². The Morgan fingerprint density at radius 3 is 2.66 bits per heavy atom. The van der Waals surface area contributed by atoms with E-state index in [0.29, 0.717) is 23.6 Å². The Morgan fingerprint density at radius 1 is 1.07 bits per heavy atom. The zero-order chi connectivity index (χ0) is 20.1. The van der Waals surface area contributed by atoms with Crippen molar-refractivity contribution in [1.82, 2.24) is 9.88 Å². The summed E-state index contributed by atoms with van der Waals surface area (Å²) >= 11 is 0. The fourth-order valence-electron chi connectivity index (χ4n) is 3.89. The van der Waals surface area contributed by atoms with Gasteiger partial charge in [-0.3, -0.25) is 0 Å². The van der Waals surface area contributed by atoms with Gasteiger partial charge in [-0.15, -0.1) is 0 Å². The minimum absolute atomic E-state index is 0.403. The fraction of sp³-hybridized carbons (Fsp3) is 0.391. The largest absolute Gasteiger partial charge is 0.428 e. The van der Waals surface area contributed by atoms with Crippen molar-refractivity contribution in [3.05, 3.63) is 70.2 Å². The van der Waals surface area contributed by atoms with Crippen LogP contribution in [0.5, 0.6) is 0 Å². The van der Waals surface area contributed by atoms with Gasteiger partial charge < -0.3 is 14.5 Å². The zero-order valence-electron chi connectivity index (χ0n) is 16.4. The van der Waals surface area contributed by atoms with Crippen LogP contribution in [-0.2, 0) is 11.2 Å². The standard InChI is InChI=1S/C23H26N2O4/c26-22(24-13-5-4-8-17-6-2-1-3-7-17)25-20-10-9-19(16-21(20)29-23(25)27)18-11-14-28-15-12-18/h1-3,6-7,9-10,16,18H,4-5,8,11-15H2,(H,24,26). The molecular weight excluding hydrogens is 368 g/mol. The molecule has 6 heteroatoms. The van der Waals surface area contributed by atoms with Gasteiger partial charge in [-0.2, -0.15) is 4.57 Å². The van der Waals surface area contributed by atoms with Gasteiger partial charge in [-0.05, 0) is 61.3 Å². The van der Waals surface area contributed by atoms with E-state index >= 15 is 0 Å². The molecule has 1 amide bonds. The molecule has 4 rings (SSSR count). The molecule has 0 bridgehead atoms. The number of amides is 1. The third-order valence-corrected chi connectivity index (χ3v) is 5.51. The van der Waals surface area contributed by atoms with E-state index in [1.807, 2.05) is 30.3 Å². The molecule has 0 aliphatic carbocycles. The third-order valence-electron chi connectivity index (χ3n) is 5.51. The van der Waals surface area contributed by atoms with Gasteiger partial charge in [0.05, 0.1) is 5.52 Å². The van der Waals surface area contributed by atoms with Gasteiger partial charge in [-0.25, -0.2) is 9.59 Å². The maximum Gasteiger partial charge on any atom is 0.428 e. The summed E-state index contributed by atoms with van der Waals surface area (Å²) in [6, 6.07) is 15.5. The van der Waals surface area contributed by atoms with Crippen LogP contribution >= 0.6 is 0 Å². The number of oxazole rings is 1. The lowest BCUT2D eigenvalue weighted by atomic mass is 9.92. The molecule has 1 N–H and O–H groups in total. The van der Waals surface area contributed by atoms with Crippen molar-refractivity contribution in [2.45, 2.75) is 38.0 Å². The second-order valence-electron chi connectivity index (χ2n) is 7.49. The molecule has 152 valence electrons. The van der Waals surface area contributed by atoms with Crippen molar-refractivity contribution in [3.8, 4) is 0 Å². The first kappa shape index (κ1) is 19.5. The van der Waals surface area contributed by atoms with E-state index in [9.17, 15) is 9.59 Å². The molecule has 1 aliphatic heterocycles. The minimum atomic E-state index is -0.647. The van der Waals surface area contributed by atoms with Crippen LogP contribution in [-0.4, -0.2) is 30.4 Å². The van der Waals surface area contributed by atoms with E-state index in [-0.39, 0.29) is 0 Å². The van der Waals surface area contributed by atoms with Gasteiger partial charge >= 0.3 is 11.8 Å². The predicted octanol–water partition coefficient (Wildman–Crippen LogP) is 4.07. The van der Waals surface area contributed by atoms with Crippen molar-refractivity contribution < 1.29 is 13.9 Å². The van der Waals surface area contributed by atoms with Crippen LogP contribution in [0.3, 0.4) is 0 Å². The van der Waals surface area contributed by atoms with Crippen LogP contribution < -0.4 is 11.1 Å². The number of nitrogens with zero attached hydrogens (tertiary/aromatic N) is 1. The Bertz CT molecular complexity index is 1020. The number of hydrogen-bond acceptors (Lipinski definition) is 4. The van der Waals surface area contributed by atoms with E-state index in [1.54, 1.807) is 6.07 Å². The first-order valence-electron chi connectivity index (χ1n) is 10.3. The lowest BCUT2D eigenvalue weighted by molar-refractivity contribution is 0.0853. The van der Waals surface area contributed by atoms with Crippen LogP contribution in [0, 0.1) is 0 Å². The molecular formula is C23H26N2O4. The Balaban J connectivity index is 1.37. The minimum Gasteiger partial charge on any atom is -0.407 e.